The lowest BCUT2D eigenvalue weighted by atomic mass is 10.0. The van der Waals surface area contributed by atoms with E-state index in [0.717, 1.165) is 50.7 Å². The summed E-state index contributed by atoms with van der Waals surface area (Å²) in [6.45, 7) is 2.08. The van der Waals surface area contributed by atoms with E-state index < -0.39 is 0 Å². The molecule has 0 aliphatic rings. The van der Waals surface area contributed by atoms with Crippen LogP contribution in [-0.4, -0.2) is 7.05 Å². The van der Waals surface area contributed by atoms with Crippen LogP contribution in [0.5, 0.6) is 0 Å². The van der Waals surface area contributed by atoms with Crippen LogP contribution in [0.4, 0.5) is 37.2 Å². The predicted octanol–water partition coefficient (Wildman–Crippen LogP) is 10.8. The molecular formula is C38H30F2N2. The second kappa shape index (κ2) is 11.7. The van der Waals surface area contributed by atoms with Crippen molar-refractivity contribution in [2.75, 3.05) is 16.8 Å². The highest BCUT2D eigenvalue weighted by Gasteiger charge is 2.14. The van der Waals surface area contributed by atoms with Gasteiger partial charge in [-0.3, -0.25) is 0 Å². The van der Waals surface area contributed by atoms with Gasteiger partial charge in [0.2, 0.25) is 0 Å². The van der Waals surface area contributed by atoms with Crippen LogP contribution < -0.4 is 9.80 Å². The minimum atomic E-state index is -0.281. The van der Waals surface area contributed by atoms with Gasteiger partial charge in [-0.1, -0.05) is 72.3 Å². The summed E-state index contributed by atoms with van der Waals surface area (Å²) in [5.41, 5.74) is 10.2. The first-order valence-corrected chi connectivity index (χ1v) is 13.9. The van der Waals surface area contributed by atoms with Crippen molar-refractivity contribution in [2.24, 2.45) is 0 Å². The molecule has 0 aliphatic carbocycles. The number of rotatable bonds is 7. The van der Waals surface area contributed by atoms with Crippen molar-refractivity contribution in [1.82, 2.24) is 0 Å². The minimum absolute atomic E-state index is 0.249. The molecule has 6 aromatic rings. The van der Waals surface area contributed by atoms with E-state index in [1.165, 1.54) is 23.8 Å². The third-order valence-electron chi connectivity index (χ3n) is 7.50. The molecule has 0 fully saturated rings. The van der Waals surface area contributed by atoms with E-state index in [-0.39, 0.29) is 11.6 Å². The van der Waals surface area contributed by atoms with Gasteiger partial charge in [-0.2, -0.15) is 0 Å². The summed E-state index contributed by atoms with van der Waals surface area (Å²) < 4.78 is 27.7. The highest BCUT2D eigenvalue weighted by atomic mass is 19.1. The molecule has 6 aromatic carbocycles. The van der Waals surface area contributed by atoms with Crippen molar-refractivity contribution < 1.29 is 8.78 Å². The van der Waals surface area contributed by atoms with Gasteiger partial charge in [0.05, 0.1) is 0 Å². The Morgan fingerprint density at radius 1 is 0.405 bits per heavy atom. The molecule has 4 heteroatoms. The minimum Gasteiger partial charge on any atom is -0.345 e. The van der Waals surface area contributed by atoms with E-state index in [1.54, 1.807) is 24.3 Å². The number of halogens is 2. The lowest BCUT2D eigenvalue weighted by Gasteiger charge is -2.26. The van der Waals surface area contributed by atoms with Crippen molar-refractivity contribution >= 4 is 28.4 Å². The monoisotopic (exact) mass is 552 g/mol. The van der Waals surface area contributed by atoms with Crippen molar-refractivity contribution in [2.45, 2.75) is 6.92 Å². The lowest BCUT2D eigenvalue weighted by molar-refractivity contribution is 0.627. The van der Waals surface area contributed by atoms with E-state index in [9.17, 15) is 8.78 Å². The highest BCUT2D eigenvalue weighted by Crippen LogP contribution is 2.37. The Hall–Kier alpha value is -5.22. The van der Waals surface area contributed by atoms with Crippen molar-refractivity contribution in [3.8, 4) is 22.3 Å². The molecule has 206 valence electrons. The summed E-state index contributed by atoms with van der Waals surface area (Å²) >= 11 is 0. The first-order valence-electron chi connectivity index (χ1n) is 13.9. The first kappa shape index (κ1) is 27.0. The van der Waals surface area contributed by atoms with Crippen molar-refractivity contribution in [3.63, 3.8) is 0 Å². The summed E-state index contributed by atoms with van der Waals surface area (Å²) in [6.07, 6.45) is 0. The Labute approximate surface area is 245 Å². The van der Waals surface area contributed by atoms with Gasteiger partial charge in [-0.05, 0) is 108 Å². The van der Waals surface area contributed by atoms with E-state index >= 15 is 0 Å². The van der Waals surface area contributed by atoms with E-state index in [0.29, 0.717) is 0 Å². The third-order valence-corrected chi connectivity index (χ3v) is 7.50. The molecule has 0 amide bonds. The molecule has 2 nitrogen and oxygen atoms in total. The molecule has 0 saturated heterocycles. The Morgan fingerprint density at radius 3 is 1.26 bits per heavy atom. The average Bonchev–Trinajstić information content (AvgIpc) is 3.03. The lowest BCUT2D eigenvalue weighted by Crippen LogP contribution is -2.10. The number of anilines is 5. The molecule has 42 heavy (non-hydrogen) atoms. The molecule has 0 N–H and O–H groups in total. The van der Waals surface area contributed by atoms with Crippen LogP contribution in [0.15, 0.2) is 146 Å². The molecule has 0 bridgehead atoms. The zero-order valence-electron chi connectivity index (χ0n) is 23.5. The van der Waals surface area contributed by atoms with Gasteiger partial charge < -0.3 is 9.80 Å². The van der Waals surface area contributed by atoms with Crippen LogP contribution in [0.1, 0.15) is 5.56 Å². The number of nitrogens with zero attached hydrogens (tertiary/aromatic N) is 2. The Kier molecular flexibility index (Phi) is 7.52. The molecule has 0 aliphatic heterocycles. The standard InChI is InChI=1S/C38H30F2N2/c1-27-6-8-28(9-7-27)30-12-20-36(21-13-30)42(38-5-3-4-33(40)26-38)37-22-14-31(15-23-37)29-10-18-34(19-11-29)41(2)35-24-16-32(39)17-25-35/h3-26H,1-2H3. The van der Waals surface area contributed by atoms with Crippen LogP contribution in [0.25, 0.3) is 22.3 Å². The van der Waals surface area contributed by atoms with E-state index in [1.807, 2.05) is 18.0 Å². The van der Waals surface area contributed by atoms with Gasteiger partial charge in [0, 0.05) is 35.5 Å². The van der Waals surface area contributed by atoms with Gasteiger partial charge in [-0.15, -0.1) is 0 Å². The zero-order valence-corrected chi connectivity index (χ0v) is 23.5. The van der Waals surface area contributed by atoms with Gasteiger partial charge >= 0.3 is 0 Å². The summed E-state index contributed by atoms with van der Waals surface area (Å²) in [5.74, 6) is -0.530. The van der Waals surface area contributed by atoms with E-state index in [2.05, 4.69) is 109 Å². The molecule has 0 spiro atoms. The zero-order chi connectivity index (χ0) is 29.1. The molecule has 0 heterocycles. The Morgan fingerprint density at radius 2 is 0.810 bits per heavy atom. The van der Waals surface area contributed by atoms with Crippen LogP contribution in [0, 0.1) is 18.6 Å². The molecule has 6 rings (SSSR count). The normalized spacial score (nSPS) is 10.9. The molecule has 0 radical (unpaired) electrons. The van der Waals surface area contributed by atoms with Gasteiger partial charge in [0.15, 0.2) is 0 Å². The van der Waals surface area contributed by atoms with E-state index in [4.69, 9.17) is 0 Å². The van der Waals surface area contributed by atoms with Gasteiger partial charge in [-0.25, -0.2) is 8.78 Å². The SMILES string of the molecule is Cc1ccc(-c2ccc(N(c3ccc(-c4ccc(N(C)c5ccc(F)cc5)cc4)cc3)c3cccc(F)c3)cc2)cc1. The summed E-state index contributed by atoms with van der Waals surface area (Å²) in [5, 5.41) is 0. The fourth-order valence-electron chi connectivity index (χ4n) is 5.11. The molecule has 0 aromatic heterocycles. The molecule has 0 unspecified atom stereocenters. The summed E-state index contributed by atoms with van der Waals surface area (Å²) in [6, 6.07) is 46.5. The second-order valence-corrected chi connectivity index (χ2v) is 10.4. The van der Waals surface area contributed by atoms with Crippen LogP contribution in [-0.2, 0) is 0 Å². The Balaban J connectivity index is 1.28. The number of hydrogen-bond donors (Lipinski definition) is 0. The maximum Gasteiger partial charge on any atom is 0.125 e. The first-order chi connectivity index (χ1) is 20.4. The molecule has 0 saturated carbocycles. The number of aryl methyl sites for hydroxylation is 1. The van der Waals surface area contributed by atoms with Gasteiger partial charge in [0.1, 0.15) is 11.6 Å². The number of hydrogen-bond acceptors (Lipinski definition) is 2. The van der Waals surface area contributed by atoms with Crippen LogP contribution in [0.2, 0.25) is 0 Å². The maximum atomic E-state index is 14.3. The number of benzene rings is 6. The fraction of sp³-hybridized carbons (Fsp3) is 0.0526. The maximum absolute atomic E-state index is 14.3. The quantitative estimate of drug-likeness (QED) is 0.194. The largest absolute Gasteiger partial charge is 0.345 e. The molecule has 0 atom stereocenters. The smallest absolute Gasteiger partial charge is 0.125 e. The third kappa shape index (κ3) is 5.79. The van der Waals surface area contributed by atoms with Crippen LogP contribution in [0.3, 0.4) is 0 Å². The summed E-state index contributed by atoms with van der Waals surface area (Å²) in [4.78, 5) is 4.08. The topological polar surface area (TPSA) is 6.48 Å². The van der Waals surface area contributed by atoms with Crippen LogP contribution >= 0.6 is 0 Å². The predicted molar refractivity (Wildman–Crippen MR) is 171 cm³/mol. The molecular weight excluding hydrogens is 522 g/mol. The fourth-order valence-corrected chi connectivity index (χ4v) is 5.11. The van der Waals surface area contributed by atoms with Crippen molar-refractivity contribution in [3.05, 3.63) is 163 Å². The summed E-state index contributed by atoms with van der Waals surface area (Å²) in [7, 11) is 1.96. The highest BCUT2D eigenvalue weighted by molar-refractivity contribution is 5.80. The van der Waals surface area contributed by atoms with Gasteiger partial charge in [0.25, 0.3) is 0 Å². The second-order valence-electron chi connectivity index (χ2n) is 10.4. The van der Waals surface area contributed by atoms with Crippen molar-refractivity contribution in [1.29, 1.82) is 0 Å². The Bertz CT molecular complexity index is 1780. The average molecular weight is 553 g/mol.